The molecule has 5 nitrogen and oxygen atoms in total. The maximum Gasteiger partial charge on any atom is 0.165 e. The molecule has 0 spiro atoms. The van der Waals surface area contributed by atoms with Gasteiger partial charge in [-0.15, -0.1) is 11.3 Å². The van der Waals surface area contributed by atoms with Crippen LogP contribution in [0.25, 0.3) is 20.8 Å². The minimum Gasteiger partial charge on any atom is -0.504 e. The predicted octanol–water partition coefficient (Wildman–Crippen LogP) is 4.04. The normalized spacial score (nSPS) is 20.4. The van der Waals surface area contributed by atoms with Gasteiger partial charge in [0.1, 0.15) is 11.6 Å². The summed E-state index contributed by atoms with van der Waals surface area (Å²) in [6, 6.07) is 12.0. The van der Waals surface area contributed by atoms with E-state index in [0.29, 0.717) is 18.5 Å². The van der Waals surface area contributed by atoms with E-state index in [1.807, 2.05) is 18.2 Å². The second kappa shape index (κ2) is 7.11. The Kier molecular flexibility index (Phi) is 4.47. The highest BCUT2D eigenvalue weighted by atomic mass is 32.1. The van der Waals surface area contributed by atoms with E-state index in [1.54, 1.807) is 17.4 Å². The van der Waals surface area contributed by atoms with Crippen molar-refractivity contribution in [2.24, 2.45) is 0 Å². The van der Waals surface area contributed by atoms with Crippen molar-refractivity contribution in [3.8, 4) is 22.1 Å². The molecule has 1 N–H and O–H groups in total. The fourth-order valence-electron chi connectivity index (χ4n) is 3.90. The van der Waals surface area contributed by atoms with Crippen LogP contribution in [0.15, 0.2) is 36.4 Å². The molecule has 2 aliphatic heterocycles. The number of ether oxygens (including phenoxy) is 2. The molecule has 0 aliphatic carbocycles. The van der Waals surface area contributed by atoms with Gasteiger partial charge < -0.3 is 14.6 Å². The summed E-state index contributed by atoms with van der Waals surface area (Å²) < 4.78 is 12.8. The molecule has 0 saturated carbocycles. The topological polar surface area (TPSA) is 54.8 Å². The molecule has 6 heteroatoms. The summed E-state index contributed by atoms with van der Waals surface area (Å²) >= 11 is 1.65. The predicted molar refractivity (Wildman–Crippen MR) is 106 cm³/mol. The van der Waals surface area contributed by atoms with Gasteiger partial charge in [-0.1, -0.05) is 12.1 Å². The van der Waals surface area contributed by atoms with Crippen LogP contribution in [0.2, 0.25) is 0 Å². The van der Waals surface area contributed by atoms with E-state index in [4.69, 9.17) is 14.5 Å². The van der Waals surface area contributed by atoms with Gasteiger partial charge in [0.2, 0.25) is 0 Å². The molecule has 0 radical (unpaired) electrons. The van der Waals surface area contributed by atoms with Crippen LogP contribution >= 0.6 is 11.3 Å². The number of hydrogen-bond acceptors (Lipinski definition) is 6. The van der Waals surface area contributed by atoms with Gasteiger partial charge in [0.05, 0.1) is 16.3 Å². The van der Waals surface area contributed by atoms with Crippen molar-refractivity contribution in [3.05, 3.63) is 42.0 Å². The van der Waals surface area contributed by atoms with Crippen LogP contribution < -0.4 is 4.74 Å². The molecule has 2 aliphatic rings. The smallest absolute Gasteiger partial charge is 0.165 e. The summed E-state index contributed by atoms with van der Waals surface area (Å²) in [4.78, 5) is 7.10. The molecule has 140 valence electrons. The van der Waals surface area contributed by atoms with E-state index in [-0.39, 0.29) is 5.75 Å². The van der Waals surface area contributed by atoms with Gasteiger partial charge in [-0.05, 0) is 37.1 Å². The van der Waals surface area contributed by atoms with Crippen LogP contribution in [0, 0.1) is 0 Å². The van der Waals surface area contributed by atoms with Crippen LogP contribution in [0.3, 0.4) is 0 Å². The number of para-hydroxylation sites is 1. The Labute approximate surface area is 162 Å². The Morgan fingerprint density at radius 2 is 2.15 bits per heavy atom. The summed E-state index contributed by atoms with van der Waals surface area (Å²) in [5.41, 5.74) is 2.94. The second-order valence-corrected chi connectivity index (χ2v) is 8.22. The maximum atomic E-state index is 10.6. The van der Waals surface area contributed by atoms with Crippen molar-refractivity contribution >= 4 is 21.6 Å². The number of nitrogens with zero attached hydrogens (tertiary/aromatic N) is 2. The quantitative estimate of drug-likeness (QED) is 0.741. The first-order valence-corrected chi connectivity index (χ1v) is 10.3. The molecule has 27 heavy (non-hydrogen) atoms. The lowest BCUT2D eigenvalue weighted by Crippen LogP contribution is -2.33. The van der Waals surface area contributed by atoms with Crippen LogP contribution in [-0.4, -0.2) is 47.4 Å². The molecule has 3 heterocycles. The van der Waals surface area contributed by atoms with Gasteiger partial charge in [-0.2, -0.15) is 0 Å². The third-order valence-electron chi connectivity index (χ3n) is 5.22. The van der Waals surface area contributed by atoms with E-state index in [0.717, 1.165) is 65.4 Å². The van der Waals surface area contributed by atoms with Gasteiger partial charge in [0.25, 0.3) is 0 Å². The Balaban J connectivity index is 1.47. The molecule has 3 aromatic rings. The number of aromatic hydroxyl groups is 1. The Morgan fingerprint density at radius 3 is 3.00 bits per heavy atom. The van der Waals surface area contributed by atoms with E-state index in [2.05, 4.69) is 17.0 Å². The summed E-state index contributed by atoms with van der Waals surface area (Å²) in [6.45, 7) is 3.95. The van der Waals surface area contributed by atoms with Crippen molar-refractivity contribution in [3.63, 3.8) is 0 Å². The van der Waals surface area contributed by atoms with Gasteiger partial charge in [-0.25, -0.2) is 4.98 Å². The highest BCUT2D eigenvalue weighted by Gasteiger charge is 2.24. The van der Waals surface area contributed by atoms with E-state index in [1.165, 1.54) is 0 Å². The van der Waals surface area contributed by atoms with E-state index < -0.39 is 0 Å². The lowest BCUT2D eigenvalue weighted by Gasteiger charge is -2.22. The molecule has 5 rings (SSSR count). The number of fused-ring (bicyclic) bond motifs is 2. The molecular weight excluding hydrogens is 360 g/mol. The second-order valence-electron chi connectivity index (χ2n) is 7.19. The number of rotatable bonds is 3. The van der Waals surface area contributed by atoms with Crippen LogP contribution in [-0.2, 0) is 11.3 Å². The van der Waals surface area contributed by atoms with Crippen LogP contribution in [0.4, 0.5) is 0 Å². The first kappa shape index (κ1) is 17.0. The minimum atomic E-state index is 0.195. The molecule has 0 bridgehead atoms. The van der Waals surface area contributed by atoms with Crippen molar-refractivity contribution in [1.29, 1.82) is 0 Å². The number of thiazole rings is 1. The first-order valence-electron chi connectivity index (χ1n) is 9.45. The number of phenolic OH excluding ortho intramolecular Hbond substituents is 1. The van der Waals surface area contributed by atoms with Crippen LogP contribution in [0.1, 0.15) is 18.4 Å². The number of hydrogen-bond donors (Lipinski definition) is 1. The molecule has 1 aromatic heterocycles. The monoisotopic (exact) mass is 382 g/mol. The molecule has 1 saturated heterocycles. The summed E-state index contributed by atoms with van der Waals surface area (Å²) in [6.07, 6.45) is 2.59. The number of aromatic nitrogens is 1. The SMILES string of the molecule is Oc1cc(-c2nc3ccccc3s2)cc2c1OCCN(CC1CCCO1)C2. The van der Waals surface area contributed by atoms with Gasteiger partial charge in [0.15, 0.2) is 11.5 Å². The molecule has 1 unspecified atom stereocenters. The number of phenols is 1. The van der Waals surface area contributed by atoms with Crippen molar-refractivity contribution in [2.45, 2.75) is 25.5 Å². The van der Waals surface area contributed by atoms with Gasteiger partial charge in [-0.3, -0.25) is 4.90 Å². The molecule has 0 amide bonds. The average molecular weight is 382 g/mol. The Hall–Kier alpha value is -2.15. The Bertz CT molecular complexity index is 932. The maximum absolute atomic E-state index is 10.6. The standard InChI is InChI=1S/C21H22N2O3S/c24-18-11-14(21-22-17-5-1-2-6-19(17)27-21)10-15-12-23(7-9-26-20(15)18)13-16-4-3-8-25-16/h1-2,5-6,10-11,16,24H,3-4,7-9,12-13H2. The highest BCUT2D eigenvalue weighted by Crippen LogP contribution is 2.39. The fourth-order valence-corrected chi connectivity index (χ4v) is 4.86. The van der Waals surface area contributed by atoms with Gasteiger partial charge >= 0.3 is 0 Å². The average Bonchev–Trinajstić information content (AvgIpc) is 3.28. The van der Waals surface area contributed by atoms with Crippen molar-refractivity contribution < 1.29 is 14.6 Å². The van der Waals surface area contributed by atoms with Gasteiger partial charge in [0, 0.05) is 37.4 Å². The number of benzene rings is 2. The third-order valence-corrected chi connectivity index (χ3v) is 6.31. The molecule has 1 fully saturated rings. The molecule has 2 aromatic carbocycles. The fraction of sp³-hybridized carbons (Fsp3) is 0.381. The summed E-state index contributed by atoms with van der Waals surface area (Å²) in [5, 5.41) is 11.5. The van der Waals surface area contributed by atoms with E-state index >= 15 is 0 Å². The van der Waals surface area contributed by atoms with Crippen molar-refractivity contribution in [2.75, 3.05) is 26.3 Å². The lowest BCUT2D eigenvalue weighted by molar-refractivity contribution is 0.0687. The van der Waals surface area contributed by atoms with Crippen LogP contribution in [0.5, 0.6) is 11.5 Å². The zero-order valence-corrected chi connectivity index (χ0v) is 15.9. The van der Waals surface area contributed by atoms with E-state index in [9.17, 15) is 5.11 Å². The zero-order chi connectivity index (χ0) is 18.2. The molecule has 1 atom stereocenters. The zero-order valence-electron chi connectivity index (χ0n) is 15.1. The highest BCUT2D eigenvalue weighted by molar-refractivity contribution is 7.21. The largest absolute Gasteiger partial charge is 0.504 e. The summed E-state index contributed by atoms with van der Waals surface area (Å²) in [7, 11) is 0. The minimum absolute atomic E-state index is 0.195. The lowest BCUT2D eigenvalue weighted by atomic mass is 10.1. The molecular formula is C21H22N2O3S. The third kappa shape index (κ3) is 3.40. The Morgan fingerprint density at radius 1 is 1.22 bits per heavy atom. The van der Waals surface area contributed by atoms with Crippen molar-refractivity contribution in [1.82, 2.24) is 9.88 Å². The summed E-state index contributed by atoms with van der Waals surface area (Å²) in [5.74, 6) is 0.801. The first-order chi connectivity index (χ1) is 13.3.